The van der Waals surface area contributed by atoms with Crippen molar-refractivity contribution >= 4 is 11.9 Å². The minimum Gasteiger partial charge on any atom is -0.492 e. The van der Waals surface area contributed by atoms with E-state index >= 15 is 0 Å². The van der Waals surface area contributed by atoms with Gasteiger partial charge in [0.05, 0.1) is 13.2 Å². The zero-order valence-electron chi connectivity index (χ0n) is 14.2. The van der Waals surface area contributed by atoms with E-state index < -0.39 is 0 Å². The fourth-order valence-electron chi connectivity index (χ4n) is 1.87. The van der Waals surface area contributed by atoms with Gasteiger partial charge in [-0.3, -0.25) is 9.79 Å². The summed E-state index contributed by atoms with van der Waals surface area (Å²) in [6, 6.07) is 7.95. The maximum Gasteiger partial charge on any atom is 0.305 e. The van der Waals surface area contributed by atoms with E-state index in [1.54, 1.807) is 14.0 Å². The van der Waals surface area contributed by atoms with Crippen LogP contribution in [0.15, 0.2) is 29.3 Å². The lowest BCUT2D eigenvalue weighted by atomic mass is 10.2. The van der Waals surface area contributed by atoms with Crippen LogP contribution in [0.3, 0.4) is 0 Å². The van der Waals surface area contributed by atoms with E-state index in [-0.39, 0.29) is 5.97 Å². The Morgan fingerprint density at radius 3 is 2.52 bits per heavy atom. The smallest absolute Gasteiger partial charge is 0.305 e. The third-order valence-corrected chi connectivity index (χ3v) is 3.06. The van der Waals surface area contributed by atoms with Gasteiger partial charge in [-0.1, -0.05) is 17.7 Å². The molecule has 0 saturated carbocycles. The summed E-state index contributed by atoms with van der Waals surface area (Å²) in [4.78, 5) is 15.3. The van der Waals surface area contributed by atoms with Crippen LogP contribution < -0.4 is 15.4 Å². The molecule has 0 spiro atoms. The molecule has 1 aromatic rings. The molecule has 0 aliphatic heterocycles. The summed E-state index contributed by atoms with van der Waals surface area (Å²) in [6.45, 7) is 6.13. The average Bonchev–Trinajstić information content (AvgIpc) is 2.55. The molecule has 128 valence electrons. The molecule has 0 unspecified atom stereocenters. The van der Waals surface area contributed by atoms with Crippen LogP contribution >= 0.6 is 0 Å². The molecule has 0 atom stereocenters. The zero-order valence-corrected chi connectivity index (χ0v) is 14.2. The molecular weight excluding hydrogens is 294 g/mol. The van der Waals surface area contributed by atoms with Gasteiger partial charge in [-0.05, 0) is 32.4 Å². The van der Waals surface area contributed by atoms with Gasteiger partial charge in [0.2, 0.25) is 0 Å². The maximum absolute atomic E-state index is 11.2. The molecule has 0 fully saturated rings. The molecule has 0 aromatic heterocycles. The maximum atomic E-state index is 11.2. The van der Waals surface area contributed by atoms with Gasteiger partial charge in [0, 0.05) is 20.0 Å². The molecular formula is C17H27N3O3. The quantitative estimate of drug-likeness (QED) is 0.314. The van der Waals surface area contributed by atoms with Crippen molar-refractivity contribution in [2.45, 2.75) is 26.7 Å². The number of aryl methyl sites for hydroxylation is 1. The molecule has 0 saturated heterocycles. The number of esters is 1. The third kappa shape index (κ3) is 8.70. The number of benzene rings is 1. The van der Waals surface area contributed by atoms with Crippen LogP contribution in [0.25, 0.3) is 0 Å². The number of ether oxygens (including phenoxy) is 2. The van der Waals surface area contributed by atoms with E-state index in [0.29, 0.717) is 45.1 Å². The lowest BCUT2D eigenvalue weighted by Gasteiger charge is -2.12. The molecule has 1 rings (SSSR count). The molecule has 0 amide bonds. The van der Waals surface area contributed by atoms with Crippen molar-refractivity contribution in [3.8, 4) is 5.75 Å². The third-order valence-electron chi connectivity index (χ3n) is 3.06. The average molecular weight is 321 g/mol. The van der Waals surface area contributed by atoms with Crippen molar-refractivity contribution in [2.75, 3.05) is 33.4 Å². The first-order chi connectivity index (χ1) is 11.2. The van der Waals surface area contributed by atoms with Gasteiger partial charge in [0.1, 0.15) is 12.4 Å². The molecule has 0 bridgehead atoms. The van der Waals surface area contributed by atoms with Crippen molar-refractivity contribution in [3.05, 3.63) is 29.8 Å². The van der Waals surface area contributed by atoms with Gasteiger partial charge in [-0.15, -0.1) is 0 Å². The van der Waals surface area contributed by atoms with Crippen LogP contribution in [-0.2, 0) is 9.53 Å². The van der Waals surface area contributed by atoms with Crippen molar-refractivity contribution < 1.29 is 14.3 Å². The van der Waals surface area contributed by atoms with Crippen LogP contribution in [0.1, 0.15) is 25.3 Å². The van der Waals surface area contributed by atoms with Gasteiger partial charge >= 0.3 is 5.97 Å². The van der Waals surface area contributed by atoms with Gasteiger partial charge in [-0.25, -0.2) is 0 Å². The van der Waals surface area contributed by atoms with E-state index in [1.165, 1.54) is 5.56 Å². The minimum atomic E-state index is -0.163. The number of carbonyl (C=O) groups excluding carboxylic acids is 1. The highest BCUT2D eigenvalue weighted by Gasteiger charge is 2.02. The Morgan fingerprint density at radius 2 is 1.87 bits per heavy atom. The molecule has 23 heavy (non-hydrogen) atoms. The summed E-state index contributed by atoms with van der Waals surface area (Å²) >= 11 is 0. The predicted octanol–water partition coefficient (Wildman–Crippen LogP) is 1.88. The largest absolute Gasteiger partial charge is 0.492 e. The van der Waals surface area contributed by atoms with Crippen molar-refractivity contribution in [2.24, 2.45) is 4.99 Å². The van der Waals surface area contributed by atoms with Gasteiger partial charge in [-0.2, -0.15) is 0 Å². The highest BCUT2D eigenvalue weighted by Crippen LogP contribution is 2.10. The summed E-state index contributed by atoms with van der Waals surface area (Å²) in [5.74, 6) is 1.39. The van der Waals surface area contributed by atoms with Crippen molar-refractivity contribution in [3.63, 3.8) is 0 Å². The fourth-order valence-corrected chi connectivity index (χ4v) is 1.87. The van der Waals surface area contributed by atoms with Crippen molar-refractivity contribution in [1.29, 1.82) is 0 Å². The number of rotatable bonds is 9. The van der Waals surface area contributed by atoms with Crippen LogP contribution in [0, 0.1) is 6.92 Å². The summed E-state index contributed by atoms with van der Waals surface area (Å²) in [6.07, 6.45) is 1.12. The lowest BCUT2D eigenvalue weighted by molar-refractivity contribution is -0.143. The normalized spacial score (nSPS) is 11.0. The predicted molar refractivity (Wildman–Crippen MR) is 91.9 cm³/mol. The molecule has 0 aliphatic carbocycles. The van der Waals surface area contributed by atoms with Crippen LogP contribution in [-0.4, -0.2) is 45.3 Å². The summed E-state index contributed by atoms with van der Waals surface area (Å²) in [5, 5.41) is 6.31. The topological polar surface area (TPSA) is 72.0 Å². The second-order valence-electron chi connectivity index (χ2n) is 5.00. The second kappa shape index (κ2) is 11.3. The number of hydrogen-bond donors (Lipinski definition) is 2. The molecule has 6 nitrogen and oxygen atoms in total. The first-order valence-corrected chi connectivity index (χ1v) is 7.95. The van der Waals surface area contributed by atoms with Gasteiger partial charge in [0.25, 0.3) is 0 Å². The SMILES string of the molecule is CCOC(=O)CCCNC(=NC)NCCOc1ccc(C)cc1. The van der Waals surface area contributed by atoms with Crippen LogP contribution in [0.4, 0.5) is 0 Å². The molecule has 1 aromatic carbocycles. The Hall–Kier alpha value is -2.24. The standard InChI is InChI=1S/C17H27N3O3/c1-4-22-16(21)6-5-11-19-17(18-3)20-12-13-23-15-9-7-14(2)8-10-15/h7-10H,4-6,11-13H2,1-3H3,(H2,18,19,20). The molecule has 6 heteroatoms. The number of nitrogens with zero attached hydrogens (tertiary/aromatic N) is 1. The molecule has 2 N–H and O–H groups in total. The second-order valence-corrected chi connectivity index (χ2v) is 5.00. The zero-order chi connectivity index (χ0) is 16.9. The highest BCUT2D eigenvalue weighted by atomic mass is 16.5. The number of guanidine groups is 1. The van der Waals surface area contributed by atoms with E-state index in [1.807, 2.05) is 31.2 Å². The summed E-state index contributed by atoms with van der Waals surface area (Å²) in [5.41, 5.74) is 1.21. The minimum absolute atomic E-state index is 0.163. The Morgan fingerprint density at radius 1 is 1.17 bits per heavy atom. The van der Waals surface area contributed by atoms with E-state index in [9.17, 15) is 4.79 Å². The molecule has 0 heterocycles. The molecule has 0 aliphatic rings. The highest BCUT2D eigenvalue weighted by molar-refractivity contribution is 5.79. The molecule has 0 radical (unpaired) electrons. The Kier molecular flexibility index (Phi) is 9.28. The Balaban J connectivity index is 2.12. The summed E-state index contributed by atoms with van der Waals surface area (Å²) < 4.78 is 10.5. The van der Waals surface area contributed by atoms with Crippen LogP contribution in [0.2, 0.25) is 0 Å². The number of carbonyl (C=O) groups is 1. The number of aliphatic imine (C=N–C) groups is 1. The monoisotopic (exact) mass is 321 g/mol. The first-order valence-electron chi connectivity index (χ1n) is 7.95. The first kappa shape index (κ1) is 18.8. The van der Waals surface area contributed by atoms with Crippen LogP contribution in [0.5, 0.6) is 5.75 Å². The van der Waals surface area contributed by atoms with Gasteiger partial charge in [0.15, 0.2) is 5.96 Å². The van der Waals surface area contributed by atoms with E-state index in [2.05, 4.69) is 15.6 Å². The number of hydrogen-bond acceptors (Lipinski definition) is 4. The Labute approximate surface area is 138 Å². The van der Waals surface area contributed by atoms with E-state index in [0.717, 1.165) is 5.75 Å². The van der Waals surface area contributed by atoms with Crippen molar-refractivity contribution in [1.82, 2.24) is 10.6 Å². The van der Waals surface area contributed by atoms with Gasteiger partial charge < -0.3 is 20.1 Å². The fraction of sp³-hybridized carbons (Fsp3) is 0.529. The summed E-state index contributed by atoms with van der Waals surface area (Å²) in [7, 11) is 1.71. The lowest BCUT2D eigenvalue weighted by Crippen LogP contribution is -2.39. The Bertz CT molecular complexity index is 486. The number of nitrogens with one attached hydrogen (secondary N) is 2. The van der Waals surface area contributed by atoms with E-state index in [4.69, 9.17) is 9.47 Å².